The molecule has 26 heavy (non-hydrogen) atoms. The Kier molecular flexibility index (Phi) is 5.12. The molecule has 3 rings (SSSR count). The van der Waals surface area contributed by atoms with Crippen LogP contribution in [0.2, 0.25) is 0 Å². The summed E-state index contributed by atoms with van der Waals surface area (Å²) in [5.41, 5.74) is 4.55. The van der Waals surface area contributed by atoms with Gasteiger partial charge in [-0.25, -0.2) is 0 Å². The molecule has 2 aliphatic rings. The number of nitrogens with zero attached hydrogens (tertiary/aromatic N) is 1. The highest BCUT2D eigenvalue weighted by molar-refractivity contribution is 6.25. The van der Waals surface area contributed by atoms with Gasteiger partial charge in [0.15, 0.2) is 11.6 Å². The fourth-order valence-corrected chi connectivity index (χ4v) is 4.60. The molecule has 1 aromatic rings. The fraction of sp³-hybridized carbons (Fsp3) is 0.500. The second-order valence-electron chi connectivity index (χ2n) is 7.75. The van der Waals surface area contributed by atoms with E-state index in [1.54, 1.807) is 6.92 Å². The maximum atomic E-state index is 13.1. The number of hydrogen-bond donors (Lipinski definition) is 0. The zero-order chi connectivity index (χ0) is 19.0. The van der Waals surface area contributed by atoms with Gasteiger partial charge in [-0.05, 0) is 69.2 Å². The van der Waals surface area contributed by atoms with Gasteiger partial charge in [0.25, 0.3) is 0 Å². The molecular weight excluding hydrogens is 326 g/mol. The van der Waals surface area contributed by atoms with Gasteiger partial charge in [-0.15, -0.1) is 0 Å². The number of ketones is 2. The molecule has 0 saturated carbocycles. The van der Waals surface area contributed by atoms with Crippen molar-refractivity contribution in [3.63, 3.8) is 0 Å². The van der Waals surface area contributed by atoms with Crippen molar-refractivity contribution in [1.29, 1.82) is 0 Å². The number of likely N-dealkylation sites (tertiary alicyclic amines) is 1. The van der Waals surface area contributed by atoms with Gasteiger partial charge in [0, 0.05) is 25.1 Å². The van der Waals surface area contributed by atoms with E-state index in [0.717, 1.165) is 48.1 Å². The maximum absolute atomic E-state index is 13.1. The van der Waals surface area contributed by atoms with E-state index < -0.39 is 5.92 Å². The van der Waals surface area contributed by atoms with E-state index in [-0.39, 0.29) is 23.5 Å². The van der Waals surface area contributed by atoms with Gasteiger partial charge in [-0.1, -0.05) is 17.7 Å². The average molecular weight is 353 g/mol. The fourth-order valence-electron chi connectivity index (χ4n) is 4.60. The summed E-state index contributed by atoms with van der Waals surface area (Å²) in [6.45, 7) is 8.27. The van der Waals surface area contributed by atoms with Gasteiger partial charge >= 0.3 is 0 Å². The first-order valence-electron chi connectivity index (χ1n) is 9.43. The van der Waals surface area contributed by atoms with Crippen LogP contribution in [0.1, 0.15) is 60.8 Å². The lowest BCUT2D eigenvalue weighted by molar-refractivity contribution is -0.132. The van der Waals surface area contributed by atoms with Gasteiger partial charge in [0.2, 0.25) is 5.91 Å². The largest absolute Gasteiger partial charge is 0.340 e. The molecular formula is C22H27NO3. The van der Waals surface area contributed by atoms with Gasteiger partial charge in [0.1, 0.15) is 5.92 Å². The number of carbonyl (C=O) groups is 3. The number of piperidine rings is 1. The molecule has 138 valence electrons. The third kappa shape index (κ3) is 3.37. The minimum absolute atomic E-state index is 0.0308. The molecule has 1 fully saturated rings. The van der Waals surface area contributed by atoms with E-state index in [9.17, 15) is 14.4 Å². The molecule has 0 spiro atoms. The predicted octanol–water partition coefficient (Wildman–Crippen LogP) is 3.56. The number of carbonyl (C=O) groups excluding carboxylic acids is 3. The molecule has 0 radical (unpaired) electrons. The van der Waals surface area contributed by atoms with E-state index in [1.807, 2.05) is 37.8 Å². The van der Waals surface area contributed by atoms with Crippen LogP contribution in [0.4, 0.5) is 0 Å². The number of amides is 1. The number of allylic oxidation sites excluding steroid dienone is 1. The summed E-state index contributed by atoms with van der Waals surface area (Å²) >= 11 is 0. The Bertz CT molecular complexity index is 783. The number of rotatable bonds is 3. The third-order valence-corrected chi connectivity index (χ3v) is 5.69. The second kappa shape index (κ2) is 7.18. The lowest BCUT2D eigenvalue weighted by atomic mass is 9.85. The molecule has 1 heterocycles. The second-order valence-corrected chi connectivity index (χ2v) is 7.75. The van der Waals surface area contributed by atoms with Crippen LogP contribution in [0.5, 0.6) is 0 Å². The normalized spacial score (nSPS) is 23.4. The van der Waals surface area contributed by atoms with E-state index in [4.69, 9.17) is 0 Å². The summed E-state index contributed by atoms with van der Waals surface area (Å²) in [6.07, 6.45) is 4.98. The highest BCUT2D eigenvalue weighted by atomic mass is 16.2. The topological polar surface area (TPSA) is 54.5 Å². The quantitative estimate of drug-likeness (QED) is 0.781. The van der Waals surface area contributed by atoms with E-state index in [2.05, 4.69) is 0 Å². The standard InChI is InChI=1S/C22H27NO3/c1-13-9-14(2)20(15(3)10-13)21-19(25)12-17(22(21)26)11-18-7-5-6-8-23(18)16(4)24/h9-10,12,18,21H,5-8,11H2,1-4H3. The summed E-state index contributed by atoms with van der Waals surface area (Å²) in [7, 11) is 0. The highest BCUT2D eigenvalue weighted by Crippen LogP contribution is 2.36. The Morgan fingerprint density at radius 2 is 1.77 bits per heavy atom. The Hall–Kier alpha value is -2.23. The van der Waals surface area contributed by atoms with Crippen LogP contribution in [0.25, 0.3) is 0 Å². The number of Topliss-reactive ketones (excluding diaryl/α,β-unsaturated/α-hetero) is 1. The molecule has 4 nitrogen and oxygen atoms in total. The summed E-state index contributed by atoms with van der Waals surface area (Å²) in [5.74, 6) is -0.863. The van der Waals surface area contributed by atoms with Crippen LogP contribution in [-0.4, -0.2) is 35.0 Å². The van der Waals surface area contributed by atoms with Crippen LogP contribution < -0.4 is 0 Å². The minimum Gasteiger partial charge on any atom is -0.340 e. The van der Waals surface area contributed by atoms with Crippen molar-refractivity contribution >= 4 is 17.5 Å². The third-order valence-electron chi connectivity index (χ3n) is 5.69. The Morgan fingerprint density at radius 3 is 2.38 bits per heavy atom. The predicted molar refractivity (Wildman–Crippen MR) is 101 cm³/mol. The van der Waals surface area contributed by atoms with Gasteiger partial charge in [-0.3, -0.25) is 14.4 Å². The van der Waals surface area contributed by atoms with Gasteiger partial charge in [0.05, 0.1) is 0 Å². The number of benzene rings is 1. The van der Waals surface area contributed by atoms with Crippen molar-refractivity contribution in [2.24, 2.45) is 0 Å². The lowest BCUT2D eigenvalue weighted by Crippen LogP contribution is -2.43. The summed E-state index contributed by atoms with van der Waals surface area (Å²) in [5, 5.41) is 0. The first-order valence-corrected chi connectivity index (χ1v) is 9.43. The zero-order valence-corrected chi connectivity index (χ0v) is 16.1. The van der Waals surface area contributed by atoms with Crippen molar-refractivity contribution in [2.45, 2.75) is 65.3 Å². The summed E-state index contributed by atoms with van der Waals surface area (Å²) < 4.78 is 0. The first kappa shape index (κ1) is 18.6. The SMILES string of the molecule is CC(=O)N1CCCCC1CC1=CC(=O)C(c2c(C)cc(C)cc2C)C1=O. The van der Waals surface area contributed by atoms with E-state index in [0.29, 0.717) is 12.0 Å². The molecule has 1 aliphatic carbocycles. The molecule has 0 bridgehead atoms. The summed E-state index contributed by atoms with van der Waals surface area (Å²) in [6, 6.07) is 4.09. The number of hydrogen-bond acceptors (Lipinski definition) is 3. The molecule has 1 aliphatic heterocycles. The van der Waals surface area contributed by atoms with Gasteiger partial charge in [-0.2, -0.15) is 0 Å². The molecule has 0 aromatic heterocycles. The Balaban J connectivity index is 1.85. The summed E-state index contributed by atoms with van der Waals surface area (Å²) in [4.78, 5) is 39.5. The van der Waals surface area contributed by atoms with Crippen LogP contribution >= 0.6 is 0 Å². The molecule has 4 heteroatoms. The Labute approximate surface area is 155 Å². The molecule has 1 saturated heterocycles. The first-order chi connectivity index (χ1) is 12.3. The maximum Gasteiger partial charge on any atom is 0.219 e. The minimum atomic E-state index is -0.708. The van der Waals surface area contributed by atoms with Crippen molar-refractivity contribution in [2.75, 3.05) is 6.54 Å². The van der Waals surface area contributed by atoms with Crippen LogP contribution in [0.3, 0.4) is 0 Å². The van der Waals surface area contributed by atoms with Crippen molar-refractivity contribution in [3.05, 3.63) is 46.0 Å². The van der Waals surface area contributed by atoms with Crippen LogP contribution in [-0.2, 0) is 14.4 Å². The monoisotopic (exact) mass is 353 g/mol. The lowest BCUT2D eigenvalue weighted by Gasteiger charge is -2.35. The van der Waals surface area contributed by atoms with E-state index >= 15 is 0 Å². The van der Waals surface area contributed by atoms with E-state index in [1.165, 1.54) is 6.08 Å². The zero-order valence-electron chi connectivity index (χ0n) is 16.1. The average Bonchev–Trinajstić information content (AvgIpc) is 2.82. The Morgan fingerprint density at radius 1 is 1.12 bits per heavy atom. The molecule has 1 aromatic carbocycles. The van der Waals surface area contributed by atoms with Crippen molar-refractivity contribution < 1.29 is 14.4 Å². The molecule has 2 unspecified atom stereocenters. The van der Waals surface area contributed by atoms with Crippen molar-refractivity contribution in [1.82, 2.24) is 4.90 Å². The highest BCUT2D eigenvalue weighted by Gasteiger charge is 2.39. The van der Waals surface area contributed by atoms with Crippen LogP contribution in [0.15, 0.2) is 23.8 Å². The van der Waals surface area contributed by atoms with Crippen LogP contribution in [0, 0.1) is 20.8 Å². The smallest absolute Gasteiger partial charge is 0.219 e. The molecule has 2 atom stereocenters. The van der Waals surface area contributed by atoms with Crippen molar-refractivity contribution in [3.8, 4) is 0 Å². The molecule has 0 N–H and O–H groups in total. The number of aryl methyl sites for hydroxylation is 3. The van der Waals surface area contributed by atoms with Gasteiger partial charge < -0.3 is 4.90 Å². The molecule has 1 amide bonds.